The molecule has 0 bridgehead atoms. The van der Waals surface area contributed by atoms with E-state index in [1.165, 1.54) is 0 Å². The fourth-order valence-corrected chi connectivity index (χ4v) is 1.18. The minimum Gasteiger partial charge on any atom is -0.445 e. The lowest BCUT2D eigenvalue weighted by Crippen LogP contribution is -2.36. The third kappa shape index (κ3) is 14.1. The van der Waals surface area contributed by atoms with Crippen molar-refractivity contribution in [3.05, 3.63) is 0 Å². The summed E-state index contributed by atoms with van der Waals surface area (Å²) < 4.78 is 3.01. The van der Waals surface area contributed by atoms with Crippen LogP contribution in [0, 0.1) is 0 Å². The molecule has 0 aromatic rings. The molecule has 0 aromatic carbocycles. The maximum Gasteiger partial charge on any atom is 0.407 e. The number of hydrogen-bond acceptors (Lipinski definition) is 4. The molecule has 0 spiro atoms. The fraction of sp³-hybridized carbons (Fsp3) is 0.778. The minimum absolute atomic E-state index is 0. The number of nitrogens with one attached hydrogen (secondary N) is 1. The van der Waals surface area contributed by atoms with E-state index in [2.05, 4.69) is 10.1 Å². The molecule has 0 saturated carbocycles. The topological polar surface area (TPSA) is 107 Å². The monoisotopic (exact) mass is 355 g/mol. The SMILES string of the molecule is Cl.NC(=O)[C@@H](N)CCCCNC(=O)OCC(Cl)(Cl)Cl. The first-order valence-corrected chi connectivity index (χ1v) is 6.38. The van der Waals surface area contributed by atoms with Crippen molar-refractivity contribution in [2.24, 2.45) is 11.5 Å². The standard InChI is InChI=1S/C9H16Cl3N3O3.ClH/c10-9(11,12)5-18-8(17)15-4-2-1-3-6(13)7(14)16;/h6H,1-5,13H2,(H2,14,16)(H,15,17);1H/t6-;/m0./s1. The predicted octanol–water partition coefficient (Wildman–Crippen LogP) is 1.49. The molecule has 0 heterocycles. The van der Waals surface area contributed by atoms with Crippen LogP contribution >= 0.6 is 47.2 Å². The Morgan fingerprint density at radius 2 is 1.84 bits per heavy atom. The molecule has 0 fully saturated rings. The average Bonchev–Trinajstić information content (AvgIpc) is 2.24. The number of ether oxygens (including phenoxy) is 1. The Kier molecular flexibility index (Phi) is 11.8. The number of alkyl halides is 3. The summed E-state index contributed by atoms with van der Waals surface area (Å²) in [6, 6.07) is -0.652. The summed E-state index contributed by atoms with van der Waals surface area (Å²) in [5.41, 5.74) is 10.4. The van der Waals surface area contributed by atoms with E-state index < -0.39 is 21.8 Å². The van der Waals surface area contributed by atoms with Gasteiger partial charge in [-0.05, 0) is 19.3 Å². The molecule has 0 saturated heterocycles. The largest absolute Gasteiger partial charge is 0.445 e. The van der Waals surface area contributed by atoms with Gasteiger partial charge < -0.3 is 21.5 Å². The molecule has 10 heteroatoms. The first-order chi connectivity index (χ1) is 8.22. The Balaban J connectivity index is 0. The average molecular weight is 357 g/mol. The molecule has 0 aliphatic rings. The van der Waals surface area contributed by atoms with Gasteiger partial charge in [-0.25, -0.2) is 4.79 Å². The number of carbonyl (C=O) groups excluding carboxylic acids is 2. The number of hydrogen-bond donors (Lipinski definition) is 3. The number of alkyl carbamates (subject to hydrolysis) is 1. The van der Waals surface area contributed by atoms with Crippen LogP contribution in [0.15, 0.2) is 0 Å². The molecule has 0 rings (SSSR count). The summed E-state index contributed by atoms with van der Waals surface area (Å²) in [7, 11) is 0. The van der Waals surface area contributed by atoms with Gasteiger partial charge in [0.25, 0.3) is 0 Å². The van der Waals surface area contributed by atoms with Crippen LogP contribution < -0.4 is 16.8 Å². The molecule has 114 valence electrons. The third-order valence-electron chi connectivity index (χ3n) is 1.94. The van der Waals surface area contributed by atoms with E-state index in [0.717, 1.165) is 0 Å². The molecule has 0 aromatic heterocycles. The zero-order valence-corrected chi connectivity index (χ0v) is 13.1. The minimum atomic E-state index is -1.62. The number of primary amides is 1. The fourth-order valence-electron chi connectivity index (χ4n) is 1.02. The van der Waals surface area contributed by atoms with Gasteiger partial charge in [0, 0.05) is 6.54 Å². The van der Waals surface area contributed by atoms with E-state index in [4.69, 9.17) is 46.3 Å². The van der Waals surface area contributed by atoms with Crippen LogP contribution in [0.3, 0.4) is 0 Å². The lowest BCUT2D eigenvalue weighted by Gasteiger charge is -2.12. The Labute approximate surface area is 132 Å². The van der Waals surface area contributed by atoms with Crippen LogP contribution in [0.5, 0.6) is 0 Å². The lowest BCUT2D eigenvalue weighted by atomic mass is 10.1. The van der Waals surface area contributed by atoms with Crippen LogP contribution in [0.4, 0.5) is 4.79 Å². The highest BCUT2D eigenvalue weighted by atomic mass is 35.6. The molecule has 2 amide bonds. The normalized spacial score (nSPS) is 12.2. The van der Waals surface area contributed by atoms with Gasteiger partial charge in [-0.1, -0.05) is 34.8 Å². The summed E-state index contributed by atoms with van der Waals surface area (Å²) in [5, 5.41) is 2.46. The van der Waals surface area contributed by atoms with Crippen molar-refractivity contribution in [2.75, 3.05) is 13.2 Å². The van der Waals surface area contributed by atoms with Crippen molar-refractivity contribution >= 4 is 59.2 Å². The molecule has 6 nitrogen and oxygen atoms in total. The van der Waals surface area contributed by atoms with E-state index in [9.17, 15) is 9.59 Å². The molecule has 0 unspecified atom stereocenters. The van der Waals surface area contributed by atoms with E-state index in [1.807, 2.05) is 0 Å². The molecule has 0 radical (unpaired) electrons. The molecular formula is C9H17Cl4N3O3. The first-order valence-electron chi connectivity index (χ1n) is 5.24. The van der Waals surface area contributed by atoms with Crippen LogP contribution in [-0.2, 0) is 9.53 Å². The maximum absolute atomic E-state index is 11.1. The van der Waals surface area contributed by atoms with Gasteiger partial charge in [0.05, 0.1) is 6.04 Å². The van der Waals surface area contributed by atoms with Crippen molar-refractivity contribution in [1.82, 2.24) is 5.32 Å². The van der Waals surface area contributed by atoms with Gasteiger partial charge >= 0.3 is 6.09 Å². The van der Waals surface area contributed by atoms with E-state index in [1.54, 1.807) is 0 Å². The summed E-state index contributed by atoms with van der Waals surface area (Å²) in [6.07, 6.45) is 1.11. The molecular weight excluding hydrogens is 340 g/mol. The van der Waals surface area contributed by atoms with Crippen LogP contribution in [0.25, 0.3) is 0 Å². The lowest BCUT2D eigenvalue weighted by molar-refractivity contribution is -0.119. The van der Waals surface area contributed by atoms with Crippen molar-refractivity contribution in [3.8, 4) is 0 Å². The van der Waals surface area contributed by atoms with Crippen molar-refractivity contribution in [1.29, 1.82) is 0 Å². The van der Waals surface area contributed by atoms with E-state index in [-0.39, 0.29) is 19.0 Å². The number of amides is 2. The van der Waals surface area contributed by atoms with Crippen molar-refractivity contribution < 1.29 is 14.3 Å². The summed E-state index contributed by atoms with van der Waals surface area (Å²) >= 11 is 16.2. The molecule has 1 atom stereocenters. The van der Waals surface area contributed by atoms with Crippen LogP contribution in [0.1, 0.15) is 19.3 Å². The van der Waals surface area contributed by atoms with Crippen LogP contribution in [0.2, 0.25) is 0 Å². The Hall–Kier alpha value is -0.140. The van der Waals surface area contributed by atoms with Gasteiger partial charge in [-0.15, -0.1) is 12.4 Å². The quantitative estimate of drug-likeness (QED) is 0.474. The Morgan fingerprint density at radius 1 is 1.26 bits per heavy atom. The molecule has 5 N–H and O–H groups in total. The van der Waals surface area contributed by atoms with E-state index >= 15 is 0 Å². The van der Waals surface area contributed by atoms with Crippen LogP contribution in [-0.4, -0.2) is 35.0 Å². The highest BCUT2D eigenvalue weighted by molar-refractivity contribution is 6.67. The first kappa shape index (κ1) is 21.2. The zero-order valence-electron chi connectivity index (χ0n) is 10.0. The van der Waals surface area contributed by atoms with Gasteiger partial charge in [0.15, 0.2) is 0 Å². The number of halogens is 4. The summed E-state index contributed by atoms with van der Waals surface area (Å²) in [5.74, 6) is -0.537. The number of rotatable bonds is 7. The second kappa shape index (κ2) is 10.6. The highest BCUT2D eigenvalue weighted by Gasteiger charge is 2.21. The number of carbonyl (C=O) groups is 2. The maximum atomic E-state index is 11.1. The van der Waals surface area contributed by atoms with Gasteiger partial charge in [0.2, 0.25) is 9.70 Å². The summed E-state index contributed by atoms with van der Waals surface area (Å²) in [4.78, 5) is 21.7. The smallest absolute Gasteiger partial charge is 0.407 e. The number of unbranched alkanes of at least 4 members (excludes halogenated alkanes) is 1. The summed E-state index contributed by atoms with van der Waals surface area (Å²) in [6.45, 7) is 0.0558. The number of nitrogens with two attached hydrogens (primary N) is 2. The zero-order chi connectivity index (χ0) is 14.2. The second-order valence-corrected chi connectivity index (χ2v) is 6.14. The third-order valence-corrected chi connectivity index (χ3v) is 2.27. The van der Waals surface area contributed by atoms with Gasteiger partial charge in [-0.3, -0.25) is 4.79 Å². The Bertz CT molecular complexity index is 286. The molecule has 19 heavy (non-hydrogen) atoms. The molecule has 0 aliphatic carbocycles. The van der Waals surface area contributed by atoms with Gasteiger partial charge in [0.1, 0.15) is 6.61 Å². The van der Waals surface area contributed by atoms with Crippen molar-refractivity contribution in [2.45, 2.75) is 29.1 Å². The second-order valence-electron chi connectivity index (χ2n) is 3.62. The highest BCUT2D eigenvalue weighted by Crippen LogP contribution is 2.25. The van der Waals surface area contributed by atoms with Gasteiger partial charge in [-0.2, -0.15) is 0 Å². The van der Waals surface area contributed by atoms with E-state index in [0.29, 0.717) is 25.8 Å². The van der Waals surface area contributed by atoms with Crippen molar-refractivity contribution in [3.63, 3.8) is 0 Å². The Morgan fingerprint density at radius 3 is 2.32 bits per heavy atom. The molecule has 0 aliphatic heterocycles. The predicted molar refractivity (Wildman–Crippen MR) is 77.9 cm³/mol.